The maximum atomic E-state index is 12.0. The average molecular weight is 378 g/mol. The Balaban J connectivity index is 2.30. The van der Waals surface area contributed by atoms with E-state index in [0.29, 0.717) is 23.6 Å². The van der Waals surface area contributed by atoms with E-state index in [2.05, 4.69) is 4.72 Å². The molecule has 6 heteroatoms. The van der Waals surface area contributed by atoms with Crippen LogP contribution in [0.2, 0.25) is 0 Å². The molecule has 0 amide bonds. The van der Waals surface area contributed by atoms with Gasteiger partial charge in [-0.15, -0.1) is 0 Å². The second kappa shape index (κ2) is 7.99. The molecule has 0 aliphatic rings. The van der Waals surface area contributed by atoms with Crippen molar-refractivity contribution in [3.8, 4) is 17.2 Å². The maximum absolute atomic E-state index is 12.0. The lowest BCUT2D eigenvalue weighted by atomic mass is 10.0. The van der Waals surface area contributed by atoms with Crippen LogP contribution in [0.3, 0.4) is 0 Å². The molecule has 0 radical (unpaired) electrons. The molecule has 0 unspecified atom stereocenters. The number of aromatic hydroxyl groups is 1. The van der Waals surface area contributed by atoms with Crippen LogP contribution in [0, 0.1) is 13.8 Å². The Bertz CT molecular complexity index is 866. The van der Waals surface area contributed by atoms with Gasteiger partial charge in [0, 0.05) is 11.3 Å². The van der Waals surface area contributed by atoms with Gasteiger partial charge in [-0.2, -0.15) is 0 Å². The number of hydrogen-bond donors (Lipinski definition) is 2. The lowest BCUT2D eigenvalue weighted by Gasteiger charge is -2.16. The molecule has 2 aromatic carbocycles. The van der Waals surface area contributed by atoms with Crippen LogP contribution in [0.25, 0.3) is 0 Å². The van der Waals surface area contributed by atoms with Crippen molar-refractivity contribution >= 4 is 15.7 Å². The van der Waals surface area contributed by atoms with E-state index in [-0.39, 0.29) is 17.4 Å². The molecule has 5 nitrogen and oxygen atoms in total. The highest BCUT2D eigenvalue weighted by Gasteiger charge is 2.14. The van der Waals surface area contributed by atoms with Gasteiger partial charge in [-0.25, -0.2) is 8.42 Å². The molecule has 0 bridgehead atoms. The summed E-state index contributed by atoms with van der Waals surface area (Å²) < 4.78 is 32.6. The fraction of sp³-hybridized carbons (Fsp3) is 0.400. The number of phenolic OH excluding ortho intramolecular Hbond substituents is 1. The Hall–Kier alpha value is -2.21. The summed E-state index contributed by atoms with van der Waals surface area (Å²) in [5.41, 5.74) is 3.02. The van der Waals surface area contributed by atoms with E-state index < -0.39 is 10.0 Å². The summed E-state index contributed by atoms with van der Waals surface area (Å²) in [6.07, 6.45) is 0.563. The third-order valence-electron chi connectivity index (χ3n) is 4.05. The molecule has 2 aromatic rings. The molecule has 0 aliphatic heterocycles. The van der Waals surface area contributed by atoms with Crippen LogP contribution in [-0.2, 0) is 10.0 Å². The SMILES string of the molecule is CCCS(=O)(=O)Nc1cc(C)c(Oc2ccc(O)c(C(C)C)c2)c(C)c1. The van der Waals surface area contributed by atoms with Crippen LogP contribution in [0.1, 0.15) is 49.8 Å². The van der Waals surface area contributed by atoms with Crippen molar-refractivity contribution in [1.29, 1.82) is 0 Å². The Labute approximate surface area is 156 Å². The van der Waals surface area contributed by atoms with Gasteiger partial charge in [0.15, 0.2) is 0 Å². The normalized spacial score (nSPS) is 11.6. The molecule has 0 atom stereocenters. The summed E-state index contributed by atoms with van der Waals surface area (Å²) in [5.74, 6) is 1.84. The largest absolute Gasteiger partial charge is 0.508 e. The molecule has 0 spiro atoms. The fourth-order valence-corrected chi connectivity index (χ4v) is 3.96. The number of hydrogen-bond acceptors (Lipinski definition) is 4. The Morgan fingerprint density at radius 2 is 1.73 bits per heavy atom. The van der Waals surface area contributed by atoms with Crippen molar-refractivity contribution in [1.82, 2.24) is 0 Å². The summed E-state index contributed by atoms with van der Waals surface area (Å²) in [5, 5.41) is 9.95. The van der Waals surface area contributed by atoms with Gasteiger partial charge in [-0.3, -0.25) is 4.72 Å². The van der Waals surface area contributed by atoms with E-state index in [0.717, 1.165) is 16.7 Å². The topological polar surface area (TPSA) is 75.6 Å². The Kier molecular flexibility index (Phi) is 6.18. The van der Waals surface area contributed by atoms with Crippen LogP contribution in [0.5, 0.6) is 17.2 Å². The predicted octanol–water partition coefficient (Wildman–Crippen LogP) is 5.08. The van der Waals surface area contributed by atoms with E-state index >= 15 is 0 Å². The molecule has 142 valence electrons. The van der Waals surface area contributed by atoms with Crippen molar-refractivity contribution in [3.05, 3.63) is 47.0 Å². The molecule has 0 aliphatic carbocycles. The fourth-order valence-electron chi connectivity index (χ4n) is 2.85. The molecule has 0 saturated carbocycles. The van der Waals surface area contributed by atoms with Crippen molar-refractivity contribution in [2.75, 3.05) is 10.5 Å². The number of nitrogens with one attached hydrogen (secondary N) is 1. The summed E-state index contributed by atoms with van der Waals surface area (Å²) in [7, 11) is -3.33. The number of phenols is 1. The molecule has 0 heterocycles. The predicted molar refractivity (Wildman–Crippen MR) is 106 cm³/mol. The third-order valence-corrected chi connectivity index (χ3v) is 5.54. The summed E-state index contributed by atoms with van der Waals surface area (Å²) >= 11 is 0. The van der Waals surface area contributed by atoms with Crippen LogP contribution in [0.4, 0.5) is 5.69 Å². The van der Waals surface area contributed by atoms with Gasteiger partial charge in [-0.1, -0.05) is 20.8 Å². The average Bonchev–Trinajstić information content (AvgIpc) is 2.51. The highest BCUT2D eigenvalue weighted by atomic mass is 32.2. The molecule has 26 heavy (non-hydrogen) atoms. The van der Waals surface area contributed by atoms with Crippen LogP contribution < -0.4 is 9.46 Å². The molecular formula is C20H27NO4S. The van der Waals surface area contributed by atoms with Crippen LogP contribution in [0.15, 0.2) is 30.3 Å². The van der Waals surface area contributed by atoms with Gasteiger partial charge in [-0.05, 0) is 67.6 Å². The number of ether oxygens (including phenoxy) is 1. The first-order chi connectivity index (χ1) is 12.1. The second-order valence-electron chi connectivity index (χ2n) is 6.84. The minimum atomic E-state index is -3.33. The van der Waals surface area contributed by atoms with Gasteiger partial charge >= 0.3 is 0 Å². The van der Waals surface area contributed by atoms with Crippen molar-refractivity contribution < 1.29 is 18.3 Å². The van der Waals surface area contributed by atoms with Gasteiger partial charge in [0.25, 0.3) is 0 Å². The molecule has 0 saturated heterocycles. The number of rotatable bonds is 7. The zero-order chi connectivity index (χ0) is 19.5. The smallest absolute Gasteiger partial charge is 0.232 e. The van der Waals surface area contributed by atoms with Crippen LogP contribution in [-0.4, -0.2) is 19.3 Å². The molecule has 2 rings (SSSR count). The minimum Gasteiger partial charge on any atom is -0.508 e. The number of sulfonamides is 1. The summed E-state index contributed by atoms with van der Waals surface area (Å²) in [6, 6.07) is 8.70. The minimum absolute atomic E-state index is 0.0921. The van der Waals surface area contributed by atoms with E-state index in [4.69, 9.17) is 4.74 Å². The standard InChI is InChI=1S/C20H27NO4S/c1-6-9-26(23,24)21-16-10-14(4)20(15(5)11-16)25-17-7-8-19(22)18(12-17)13(2)3/h7-8,10-13,21-22H,6,9H2,1-5H3. The van der Waals surface area contributed by atoms with E-state index in [9.17, 15) is 13.5 Å². The van der Waals surface area contributed by atoms with Gasteiger partial charge in [0.2, 0.25) is 10.0 Å². The van der Waals surface area contributed by atoms with Crippen molar-refractivity contribution in [3.63, 3.8) is 0 Å². The number of benzene rings is 2. The second-order valence-corrected chi connectivity index (χ2v) is 8.68. The maximum Gasteiger partial charge on any atom is 0.232 e. The lowest BCUT2D eigenvalue weighted by molar-refractivity contribution is 0.452. The molecule has 0 aromatic heterocycles. The van der Waals surface area contributed by atoms with Gasteiger partial charge in [0.05, 0.1) is 5.75 Å². The van der Waals surface area contributed by atoms with Gasteiger partial charge in [0.1, 0.15) is 17.2 Å². The lowest BCUT2D eigenvalue weighted by Crippen LogP contribution is -2.16. The summed E-state index contributed by atoms with van der Waals surface area (Å²) in [6.45, 7) is 9.60. The Morgan fingerprint density at radius 3 is 2.27 bits per heavy atom. The summed E-state index contributed by atoms with van der Waals surface area (Å²) in [4.78, 5) is 0. The van der Waals surface area contributed by atoms with Gasteiger partial charge < -0.3 is 9.84 Å². The highest BCUT2D eigenvalue weighted by Crippen LogP contribution is 2.35. The van der Waals surface area contributed by atoms with E-state index in [1.165, 1.54) is 0 Å². The van der Waals surface area contributed by atoms with E-state index in [1.807, 2.05) is 40.7 Å². The van der Waals surface area contributed by atoms with Crippen molar-refractivity contribution in [2.45, 2.75) is 47.0 Å². The zero-order valence-corrected chi connectivity index (χ0v) is 16.8. The Morgan fingerprint density at radius 1 is 1.12 bits per heavy atom. The molecule has 2 N–H and O–H groups in total. The third kappa shape index (κ3) is 4.91. The number of anilines is 1. The quantitative estimate of drug-likeness (QED) is 0.706. The zero-order valence-electron chi connectivity index (χ0n) is 16.0. The van der Waals surface area contributed by atoms with E-state index in [1.54, 1.807) is 24.3 Å². The first kappa shape index (κ1) is 20.1. The van der Waals surface area contributed by atoms with Crippen LogP contribution >= 0.6 is 0 Å². The molecular weight excluding hydrogens is 350 g/mol. The first-order valence-electron chi connectivity index (χ1n) is 8.75. The number of aryl methyl sites for hydroxylation is 2. The monoisotopic (exact) mass is 377 g/mol. The highest BCUT2D eigenvalue weighted by molar-refractivity contribution is 7.92. The first-order valence-corrected chi connectivity index (χ1v) is 10.4. The van der Waals surface area contributed by atoms with Crippen molar-refractivity contribution in [2.24, 2.45) is 0 Å². The molecule has 0 fully saturated rings.